The average molecular weight is 280 g/mol. The molecule has 19 heavy (non-hydrogen) atoms. The van der Waals surface area contributed by atoms with E-state index in [-0.39, 0.29) is 17.1 Å². The van der Waals surface area contributed by atoms with Gasteiger partial charge >= 0.3 is 0 Å². The highest BCUT2D eigenvalue weighted by atomic mass is 35.5. The molecule has 2 heterocycles. The number of carbonyl (C=O) groups is 1. The van der Waals surface area contributed by atoms with Crippen LogP contribution < -0.4 is 4.90 Å². The number of benzene rings is 1. The van der Waals surface area contributed by atoms with Gasteiger partial charge in [-0.3, -0.25) is 14.8 Å². The Hall–Kier alpha value is -1.88. The number of anilines is 1. The van der Waals surface area contributed by atoms with Crippen molar-refractivity contribution in [1.29, 1.82) is 0 Å². The molecule has 1 fully saturated rings. The van der Waals surface area contributed by atoms with Gasteiger partial charge in [0.2, 0.25) is 5.91 Å². The fourth-order valence-electron chi connectivity index (χ4n) is 2.11. The van der Waals surface area contributed by atoms with Gasteiger partial charge in [-0.05, 0) is 29.8 Å². The van der Waals surface area contributed by atoms with Crippen molar-refractivity contribution < 1.29 is 9.18 Å². The van der Waals surface area contributed by atoms with E-state index in [0.29, 0.717) is 18.8 Å². The lowest BCUT2D eigenvalue weighted by Gasteiger charge is -2.10. The number of rotatable bonds is 2. The van der Waals surface area contributed by atoms with Crippen molar-refractivity contribution >= 4 is 23.3 Å². The summed E-state index contributed by atoms with van der Waals surface area (Å²) in [6, 6.07) is 7.84. The largest absolute Gasteiger partial charge is 0.294 e. The minimum atomic E-state index is -0.289. The first kappa shape index (κ1) is 12.2. The maximum Gasteiger partial charge on any atom is 0.229 e. The summed E-state index contributed by atoms with van der Waals surface area (Å²) in [5.74, 6) is 0.229. The van der Waals surface area contributed by atoms with E-state index in [0.717, 1.165) is 11.3 Å². The van der Waals surface area contributed by atoms with Gasteiger partial charge in [-0.15, -0.1) is 11.6 Å². The number of nitrogens with zero attached hydrogens (tertiary/aromatic N) is 2. The second-order valence-electron chi connectivity index (χ2n) is 4.45. The summed E-state index contributed by atoms with van der Waals surface area (Å²) in [5, 5.41) is 6.79. The van der Waals surface area contributed by atoms with Gasteiger partial charge in [0.25, 0.3) is 0 Å². The van der Waals surface area contributed by atoms with Crippen LogP contribution in [0.3, 0.4) is 0 Å². The highest BCUT2D eigenvalue weighted by Gasteiger charge is 2.30. The quantitative estimate of drug-likeness (QED) is 0.859. The molecular weight excluding hydrogens is 269 g/mol. The molecule has 2 aromatic rings. The van der Waals surface area contributed by atoms with Crippen LogP contribution >= 0.6 is 11.6 Å². The molecule has 6 heteroatoms. The Morgan fingerprint density at radius 3 is 2.74 bits per heavy atom. The Morgan fingerprint density at radius 2 is 2.11 bits per heavy atom. The summed E-state index contributed by atoms with van der Waals surface area (Å²) >= 11 is 5.95. The topological polar surface area (TPSA) is 49.0 Å². The van der Waals surface area contributed by atoms with Crippen LogP contribution in [0, 0.1) is 5.82 Å². The summed E-state index contributed by atoms with van der Waals surface area (Å²) in [6.07, 6.45) is 0.334. The second kappa shape index (κ2) is 4.66. The minimum Gasteiger partial charge on any atom is -0.294 e. The number of carbonyl (C=O) groups excluding carboxylic acids is 1. The standard InChI is InChI=1S/C13H11ClFN3O/c14-9-5-13(19)18(7-9)12-6-11(16-17-12)8-1-3-10(15)4-2-8/h1-4,6,9H,5,7H2,(H,16,17). The number of aromatic amines is 1. The monoisotopic (exact) mass is 279 g/mol. The highest BCUT2D eigenvalue weighted by molar-refractivity contribution is 6.24. The molecule has 1 amide bonds. The number of hydrogen-bond acceptors (Lipinski definition) is 2. The lowest BCUT2D eigenvalue weighted by molar-refractivity contribution is -0.117. The first-order chi connectivity index (χ1) is 9.13. The SMILES string of the molecule is O=C1CC(Cl)CN1c1cc(-c2ccc(F)cc2)[nH]n1. The summed E-state index contributed by atoms with van der Waals surface area (Å²) in [7, 11) is 0. The van der Waals surface area contributed by atoms with E-state index in [9.17, 15) is 9.18 Å². The van der Waals surface area contributed by atoms with Crippen LogP contribution in [0.5, 0.6) is 0 Å². The zero-order valence-corrected chi connectivity index (χ0v) is 10.7. The molecule has 0 radical (unpaired) electrons. The number of amides is 1. The van der Waals surface area contributed by atoms with Crippen molar-refractivity contribution in [2.24, 2.45) is 0 Å². The van der Waals surface area contributed by atoms with E-state index in [1.165, 1.54) is 12.1 Å². The predicted molar refractivity (Wildman–Crippen MR) is 70.6 cm³/mol. The maximum absolute atomic E-state index is 12.9. The zero-order valence-electron chi connectivity index (χ0n) is 9.94. The molecule has 1 unspecified atom stereocenters. The number of nitrogens with one attached hydrogen (secondary N) is 1. The molecule has 4 nitrogen and oxygen atoms in total. The molecule has 1 N–H and O–H groups in total. The summed E-state index contributed by atoms with van der Waals surface area (Å²) in [4.78, 5) is 13.3. The second-order valence-corrected chi connectivity index (χ2v) is 5.07. The van der Waals surface area contributed by atoms with Crippen LogP contribution in [-0.2, 0) is 4.79 Å². The third kappa shape index (κ3) is 2.33. The number of hydrogen-bond donors (Lipinski definition) is 1. The van der Waals surface area contributed by atoms with Gasteiger partial charge in [0, 0.05) is 19.0 Å². The van der Waals surface area contributed by atoms with Crippen LogP contribution in [0.25, 0.3) is 11.3 Å². The molecule has 1 saturated heterocycles. The van der Waals surface area contributed by atoms with E-state index in [2.05, 4.69) is 10.2 Å². The third-order valence-electron chi connectivity index (χ3n) is 3.07. The Morgan fingerprint density at radius 1 is 1.37 bits per heavy atom. The van der Waals surface area contributed by atoms with Crippen LogP contribution in [0.4, 0.5) is 10.2 Å². The average Bonchev–Trinajstić information content (AvgIpc) is 2.97. The molecule has 0 bridgehead atoms. The van der Waals surface area contributed by atoms with Gasteiger partial charge in [0.1, 0.15) is 5.82 Å². The van der Waals surface area contributed by atoms with Gasteiger partial charge in [0.05, 0.1) is 11.1 Å². The van der Waals surface area contributed by atoms with Crippen LogP contribution in [0.15, 0.2) is 30.3 Å². The lowest BCUT2D eigenvalue weighted by atomic mass is 10.1. The Bertz CT molecular complexity index is 611. The normalized spacial score (nSPS) is 19.2. The Labute approximate surface area is 114 Å². The third-order valence-corrected chi connectivity index (χ3v) is 3.37. The van der Waals surface area contributed by atoms with E-state index in [1.807, 2.05) is 0 Å². The predicted octanol–water partition coefficient (Wildman–Crippen LogP) is 2.56. The fraction of sp³-hybridized carbons (Fsp3) is 0.231. The highest BCUT2D eigenvalue weighted by Crippen LogP contribution is 2.26. The number of H-pyrrole nitrogens is 1. The fourth-order valence-corrected chi connectivity index (χ4v) is 2.38. The zero-order chi connectivity index (χ0) is 13.4. The molecule has 1 aliphatic rings. The van der Waals surface area contributed by atoms with Crippen molar-refractivity contribution in [3.8, 4) is 11.3 Å². The molecular formula is C13H11ClFN3O. The first-order valence-corrected chi connectivity index (χ1v) is 6.33. The van der Waals surface area contributed by atoms with E-state index in [1.54, 1.807) is 23.1 Å². The smallest absolute Gasteiger partial charge is 0.229 e. The molecule has 1 aromatic carbocycles. The molecule has 3 rings (SSSR count). The van der Waals surface area contributed by atoms with Gasteiger partial charge in [-0.2, -0.15) is 5.10 Å². The molecule has 0 saturated carbocycles. The number of aromatic nitrogens is 2. The van der Waals surface area contributed by atoms with Gasteiger partial charge in [-0.1, -0.05) is 0 Å². The van der Waals surface area contributed by atoms with E-state index >= 15 is 0 Å². The molecule has 1 aliphatic heterocycles. The maximum atomic E-state index is 12.9. The van der Waals surface area contributed by atoms with Crippen LogP contribution in [0.1, 0.15) is 6.42 Å². The number of halogens is 2. The van der Waals surface area contributed by atoms with Crippen molar-refractivity contribution in [1.82, 2.24) is 10.2 Å². The molecule has 98 valence electrons. The first-order valence-electron chi connectivity index (χ1n) is 5.89. The van der Waals surface area contributed by atoms with Crippen molar-refractivity contribution in [2.45, 2.75) is 11.8 Å². The van der Waals surface area contributed by atoms with Crippen LogP contribution in [-0.4, -0.2) is 28.0 Å². The van der Waals surface area contributed by atoms with Crippen LogP contribution in [0.2, 0.25) is 0 Å². The van der Waals surface area contributed by atoms with E-state index in [4.69, 9.17) is 11.6 Å². The summed E-state index contributed by atoms with van der Waals surface area (Å²) < 4.78 is 12.9. The minimum absolute atomic E-state index is 0.0304. The Kier molecular flexibility index (Phi) is 2.98. The summed E-state index contributed by atoms with van der Waals surface area (Å²) in [5.41, 5.74) is 1.55. The van der Waals surface area contributed by atoms with Crippen molar-refractivity contribution in [3.05, 3.63) is 36.1 Å². The van der Waals surface area contributed by atoms with Gasteiger partial charge < -0.3 is 0 Å². The lowest BCUT2D eigenvalue weighted by Crippen LogP contribution is -2.24. The molecule has 0 spiro atoms. The molecule has 1 atom stereocenters. The molecule has 1 aromatic heterocycles. The van der Waals surface area contributed by atoms with Crippen molar-refractivity contribution in [2.75, 3.05) is 11.4 Å². The number of alkyl halides is 1. The summed E-state index contributed by atoms with van der Waals surface area (Å²) in [6.45, 7) is 0.466. The van der Waals surface area contributed by atoms with Crippen molar-refractivity contribution in [3.63, 3.8) is 0 Å². The van der Waals surface area contributed by atoms with Gasteiger partial charge in [0.15, 0.2) is 5.82 Å². The Balaban J connectivity index is 1.87. The van der Waals surface area contributed by atoms with Gasteiger partial charge in [-0.25, -0.2) is 4.39 Å². The van der Waals surface area contributed by atoms with E-state index < -0.39 is 0 Å². The molecule has 0 aliphatic carbocycles.